The molecule has 4 N–H and O–H groups in total. The first-order valence-corrected chi connectivity index (χ1v) is 7.99. The number of H-pyrrole nitrogens is 1. The van der Waals surface area contributed by atoms with Gasteiger partial charge in [-0.2, -0.15) is 10.1 Å². The van der Waals surface area contributed by atoms with E-state index in [9.17, 15) is 0 Å². The molecule has 1 saturated heterocycles. The molecule has 0 aromatic carbocycles. The third-order valence-corrected chi connectivity index (χ3v) is 4.20. The third-order valence-electron chi connectivity index (χ3n) is 4.20. The molecule has 1 aliphatic heterocycles. The number of hydrogen-bond acceptors (Lipinski definition) is 6. The molecule has 7 nitrogen and oxygen atoms in total. The Labute approximate surface area is 129 Å². The number of hydrogen-bond donors (Lipinski definition) is 4. The molecule has 0 radical (unpaired) electrons. The van der Waals surface area contributed by atoms with Crippen LogP contribution in [-0.2, 0) is 0 Å². The summed E-state index contributed by atoms with van der Waals surface area (Å²) in [5, 5.41) is 17.4. The van der Waals surface area contributed by atoms with Gasteiger partial charge in [0.2, 0.25) is 5.95 Å². The second-order valence-electron chi connectivity index (χ2n) is 6.04. The van der Waals surface area contributed by atoms with E-state index >= 15 is 0 Å². The number of rotatable bonds is 5. The molecule has 2 fully saturated rings. The average molecular weight is 299 g/mol. The Hall–Kier alpha value is -2.15. The van der Waals surface area contributed by atoms with E-state index in [0.29, 0.717) is 17.9 Å². The number of aromatic amines is 1. The van der Waals surface area contributed by atoms with Crippen molar-refractivity contribution < 1.29 is 0 Å². The third kappa shape index (κ3) is 3.19. The number of anilines is 3. The Morgan fingerprint density at radius 3 is 2.77 bits per heavy atom. The lowest BCUT2D eigenvalue weighted by atomic mass is 10.1. The average Bonchev–Trinajstić information content (AvgIpc) is 3.29. The van der Waals surface area contributed by atoms with Crippen molar-refractivity contribution in [1.82, 2.24) is 25.5 Å². The minimum Gasteiger partial charge on any atom is -0.351 e. The normalized spacial score (nSPS) is 19.1. The Morgan fingerprint density at radius 2 is 1.95 bits per heavy atom. The number of aromatic nitrogens is 4. The smallest absolute Gasteiger partial charge is 0.224 e. The second kappa shape index (κ2) is 5.92. The van der Waals surface area contributed by atoms with Crippen LogP contribution in [0.2, 0.25) is 0 Å². The van der Waals surface area contributed by atoms with Crippen molar-refractivity contribution in [1.29, 1.82) is 0 Å². The number of nitrogens with zero attached hydrogens (tertiary/aromatic N) is 3. The quantitative estimate of drug-likeness (QED) is 0.675. The number of nitrogens with one attached hydrogen (secondary N) is 4. The maximum Gasteiger partial charge on any atom is 0.224 e. The highest BCUT2D eigenvalue weighted by atomic mass is 15.2. The summed E-state index contributed by atoms with van der Waals surface area (Å²) < 4.78 is 0. The van der Waals surface area contributed by atoms with Gasteiger partial charge in [0.1, 0.15) is 5.82 Å². The fourth-order valence-corrected chi connectivity index (χ4v) is 2.78. The van der Waals surface area contributed by atoms with Gasteiger partial charge in [-0.1, -0.05) is 0 Å². The van der Waals surface area contributed by atoms with Crippen LogP contribution in [0.4, 0.5) is 17.6 Å². The zero-order valence-corrected chi connectivity index (χ0v) is 12.5. The summed E-state index contributed by atoms with van der Waals surface area (Å²) in [6, 6.07) is 4.38. The van der Waals surface area contributed by atoms with Crippen LogP contribution in [0.5, 0.6) is 0 Å². The van der Waals surface area contributed by atoms with E-state index in [1.807, 2.05) is 6.07 Å². The van der Waals surface area contributed by atoms with Crippen LogP contribution in [-0.4, -0.2) is 39.3 Å². The molecule has 22 heavy (non-hydrogen) atoms. The highest BCUT2D eigenvalue weighted by Gasteiger charge is 2.25. The predicted octanol–water partition coefficient (Wildman–Crippen LogP) is 1.98. The van der Waals surface area contributed by atoms with Crippen LogP contribution >= 0.6 is 0 Å². The first-order valence-electron chi connectivity index (χ1n) is 7.99. The predicted molar refractivity (Wildman–Crippen MR) is 85.4 cm³/mol. The van der Waals surface area contributed by atoms with Crippen molar-refractivity contribution in [2.45, 2.75) is 37.6 Å². The molecule has 2 aliphatic rings. The molecule has 1 saturated carbocycles. The van der Waals surface area contributed by atoms with Gasteiger partial charge in [0.15, 0.2) is 5.82 Å². The van der Waals surface area contributed by atoms with Gasteiger partial charge in [-0.25, -0.2) is 4.98 Å². The first kappa shape index (κ1) is 13.5. The molecule has 0 spiro atoms. The van der Waals surface area contributed by atoms with Crippen LogP contribution in [0.1, 0.15) is 37.3 Å². The summed E-state index contributed by atoms with van der Waals surface area (Å²) in [5.74, 6) is 2.93. The molecule has 116 valence electrons. The molecular formula is C15H21N7. The SMILES string of the molecule is c1cc(Nc2cc(C3CC3)[nH]n2)nc(NC2CCNCC2)n1. The van der Waals surface area contributed by atoms with E-state index in [2.05, 4.69) is 42.2 Å². The lowest BCUT2D eigenvalue weighted by molar-refractivity contribution is 0.477. The fraction of sp³-hybridized carbons (Fsp3) is 0.533. The van der Waals surface area contributed by atoms with Gasteiger partial charge in [0.25, 0.3) is 0 Å². The van der Waals surface area contributed by atoms with E-state index in [1.54, 1.807) is 6.20 Å². The Balaban J connectivity index is 1.41. The van der Waals surface area contributed by atoms with Crippen molar-refractivity contribution in [3.63, 3.8) is 0 Å². The van der Waals surface area contributed by atoms with E-state index < -0.39 is 0 Å². The lowest BCUT2D eigenvalue weighted by Gasteiger charge is -2.23. The molecule has 7 heteroatoms. The lowest BCUT2D eigenvalue weighted by Crippen LogP contribution is -2.35. The molecule has 3 heterocycles. The summed E-state index contributed by atoms with van der Waals surface area (Å²) in [7, 11) is 0. The van der Waals surface area contributed by atoms with Gasteiger partial charge in [-0.15, -0.1) is 0 Å². The van der Waals surface area contributed by atoms with Crippen molar-refractivity contribution in [2.24, 2.45) is 0 Å². The van der Waals surface area contributed by atoms with Crippen LogP contribution < -0.4 is 16.0 Å². The van der Waals surface area contributed by atoms with E-state index in [4.69, 9.17) is 0 Å². The highest BCUT2D eigenvalue weighted by Crippen LogP contribution is 2.39. The second-order valence-corrected chi connectivity index (χ2v) is 6.04. The van der Waals surface area contributed by atoms with Gasteiger partial charge >= 0.3 is 0 Å². The Morgan fingerprint density at radius 1 is 1.09 bits per heavy atom. The molecule has 0 unspecified atom stereocenters. The molecular weight excluding hydrogens is 278 g/mol. The highest BCUT2D eigenvalue weighted by molar-refractivity contribution is 5.53. The van der Waals surface area contributed by atoms with Crippen molar-refractivity contribution in [3.8, 4) is 0 Å². The minimum absolute atomic E-state index is 0.448. The molecule has 4 rings (SSSR count). The summed E-state index contributed by atoms with van der Waals surface area (Å²) in [5.41, 5.74) is 1.21. The number of piperidine rings is 1. The minimum atomic E-state index is 0.448. The zero-order chi connectivity index (χ0) is 14.8. The van der Waals surface area contributed by atoms with E-state index in [1.165, 1.54) is 18.5 Å². The largest absolute Gasteiger partial charge is 0.351 e. The summed E-state index contributed by atoms with van der Waals surface area (Å²) in [6.45, 7) is 2.10. The van der Waals surface area contributed by atoms with E-state index in [0.717, 1.165) is 37.6 Å². The van der Waals surface area contributed by atoms with Crippen LogP contribution in [0.3, 0.4) is 0 Å². The zero-order valence-electron chi connectivity index (χ0n) is 12.5. The van der Waals surface area contributed by atoms with Gasteiger partial charge in [0.05, 0.1) is 0 Å². The summed E-state index contributed by atoms with van der Waals surface area (Å²) in [6.07, 6.45) is 6.50. The monoisotopic (exact) mass is 299 g/mol. The molecule has 2 aromatic rings. The molecule has 2 aromatic heterocycles. The molecule has 0 atom stereocenters. The topological polar surface area (TPSA) is 90.5 Å². The van der Waals surface area contributed by atoms with Gasteiger partial charge in [-0.3, -0.25) is 5.10 Å². The summed E-state index contributed by atoms with van der Waals surface area (Å²) >= 11 is 0. The Kier molecular flexibility index (Phi) is 3.64. The van der Waals surface area contributed by atoms with Crippen molar-refractivity contribution in [3.05, 3.63) is 24.0 Å². The summed E-state index contributed by atoms with van der Waals surface area (Å²) in [4.78, 5) is 8.83. The van der Waals surface area contributed by atoms with Crippen molar-refractivity contribution in [2.75, 3.05) is 23.7 Å². The van der Waals surface area contributed by atoms with Crippen LogP contribution in [0.15, 0.2) is 18.3 Å². The standard InChI is InChI=1S/C15H21N7/c1-2-10(1)12-9-14(22-21-12)19-13-5-8-17-15(20-13)18-11-3-6-16-7-4-11/h5,8-11,16H,1-4,6-7H2,(H3,17,18,19,20,21,22). The van der Waals surface area contributed by atoms with Gasteiger partial charge in [-0.05, 0) is 44.8 Å². The maximum atomic E-state index is 4.52. The fourth-order valence-electron chi connectivity index (χ4n) is 2.78. The van der Waals surface area contributed by atoms with Crippen LogP contribution in [0, 0.1) is 0 Å². The Bertz CT molecular complexity index is 628. The van der Waals surface area contributed by atoms with Crippen LogP contribution in [0.25, 0.3) is 0 Å². The molecule has 0 amide bonds. The van der Waals surface area contributed by atoms with E-state index in [-0.39, 0.29) is 0 Å². The van der Waals surface area contributed by atoms with Gasteiger partial charge in [0, 0.05) is 29.9 Å². The maximum absolute atomic E-state index is 4.52. The van der Waals surface area contributed by atoms with Crippen molar-refractivity contribution >= 4 is 17.6 Å². The first-order chi connectivity index (χ1) is 10.9. The molecule has 1 aliphatic carbocycles. The molecule has 0 bridgehead atoms. The van der Waals surface area contributed by atoms with Gasteiger partial charge < -0.3 is 16.0 Å².